The summed E-state index contributed by atoms with van der Waals surface area (Å²) in [7, 11) is 0. The zero-order valence-corrected chi connectivity index (χ0v) is 11.3. The molecular formula is C12H13N7O2. The van der Waals surface area contributed by atoms with E-state index in [1.807, 2.05) is 19.1 Å². The largest absolute Gasteiger partial charge is 0.492 e. The van der Waals surface area contributed by atoms with Crippen LogP contribution in [0.4, 0.5) is 0 Å². The fourth-order valence-electron chi connectivity index (χ4n) is 2.01. The summed E-state index contributed by atoms with van der Waals surface area (Å²) in [5.74, 6) is 1.54. The molecule has 3 aromatic rings. The van der Waals surface area contributed by atoms with Crippen LogP contribution in [0.1, 0.15) is 18.6 Å². The molecule has 0 aliphatic carbocycles. The van der Waals surface area contributed by atoms with E-state index < -0.39 is 0 Å². The summed E-state index contributed by atoms with van der Waals surface area (Å²) >= 11 is 0. The molecule has 0 saturated heterocycles. The highest BCUT2D eigenvalue weighted by atomic mass is 16.5. The third-order valence-corrected chi connectivity index (χ3v) is 2.85. The second kappa shape index (κ2) is 5.57. The molecule has 21 heavy (non-hydrogen) atoms. The number of benzene rings is 1. The molecule has 0 amide bonds. The summed E-state index contributed by atoms with van der Waals surface area (Å²) in [5.41, 5.74) is 0.275. The first kappa shape index (κ1) is 13.0. The van der Waals surface area contributed by atoms with Crippen LogP contribution in [0.2, 0.25) is 0 Å². The number of hydrogen-bond donors (Lipinski definition) is 2. The fourth-order valence-corrected chi connectivity index (χ4v) is 2.01. The minimum Gasteiger partial charge on any atom is -0.492 e. The Morgan fingerprint density at radius 2 is 2.14 bits per heavy atom. The third-order valence-electron chi connectivity index (χ3n) is 2.85. The number of ether oxygens (including phenoxy) is 1. The second-order valence-electron chi connectivity index (χ2n) is 4.19. The average Bonchev–Trinajstić information content (AvgIpc) is 3.11. The molecule has 0 aliphatic heterocycles. The molecule has 0 bridgehead atoms. The molecular weight excluding hydrogens is 274 g/mol. The Morgan fingerprint density at radius 3 is 2.90 bits per heavy atom. The van der Waals surface area contributed by atoms with Crippen molar-refractivity contribution in [1.29, 1.82) is 0 Å². The first-order valence-electron chi connectivity index (χ1n) is 6.40. The lowest BCUT2D eigenvalue weighted by Gasteiger charge is -2.11. The van der Waals surface area contributed by atoms with E-state index in [1.165, 1.54) is 4.57 Å². The molecule has 108 valence electrons. The molecule has 2 heterocycles. The SMILES string of the molecule is CCOc1ccccc1-n1c(Cc2nn[nH]n2)n[nH]c1=O. The number of rotatable bonds is 5. The molecule has 9 heteroatoms. The van der Waals surface area contributed by atoms with Crippen LogP contribution in [-0.4, -0.2) is 42.0 Å². The number of para-hydroxylation sites is 2. The van der Waals surface area contributed by atoms with Crippen molar-refractivity contribution < 1.29 is 4.74 Å². The lowest BCUT2D eigenvalue weighted by atomic mass is 10.2. The molecule has 0 aliphatic rings. The Bertz CT molecular complexity index is 775. The Hall–Kier alpha value is -2.97. The highest BCUT2D eigenvalue weighted by molar-refractivity contribution is 5.47. The predicted molar refractivity (Wildman–Crippen MR) is 72.3 cm³/mol. The number of hydrogen-bond acceptors (Lipinski definition) is 6. The number of nitrogens with zero attached hydrogens (tertiary/aromatic N) is 5. The van der Waals surface area contributed by atoms with Crippen molar-refractivity contribution in [3.05, 3.63) is 46.4 Å². The summed E-state index contributed by atoms with van der Waals surface area (Å²) in [6, 6.07) is 7.27. The van der Waals surface area contributed by atoms with E-state index in [9.17, 15) is 4.79 Å². The van der Waals surface area contributed by atoms with Gasteiger partial charge in [0.15, 0.2) is 5.82 Å². The van der Waals surface area contributed by atoms with Gasteiger partial charge in [-0.2, -0.15) is 10.3 Å². The number of nitrogens with one attached hydrogen (secondary N) is 2. The van der Waals surface area contributed by atoms with E-state index in [2.05, 4.69) is 30.8 Å². The quantitative estimate of drug-likeness (QED) is 0.686. The minimum atomic E-state index is -0.347. The van der Waals surface area contributed by atoms with Crippen molar-refractivity contribution in [2.75, 3.05) is 6.61 Å². The van der Waals surface area contributed by atoms with Gasteiger partial charge in [0.05, 0.1) is 18.7 Å². The Balaban J connectivity index is 2.06. The van der Waals surface area contributed by atoms with Gasteiger partial charge in [0, 0.05) is 0 Å². The van der Waals surface area contributed by atoms with Gasteiger partial charge >= 0.3 is 5.69 Å². The third kappa shape index (κ3) is 2.53. The highest BCUT2D eigenvalue weighted by Crippen LogP contribution is 2.22. The maximum Gasteiger partial charge on any atom is 0.348 e. The molecule has 0 radical (unpaired) electrons. The molecule has 0 unspecified atom stereocenters. The zero-order chi connectivity index (χ0) is 14.7. The van der Waals surface area contributed by atoms with Crippen LogP contribution in [0.15, 0.2) is 29.1 Å². The molecule has 9 nitrogen and oxygen atoms in total. The summed E-state index contributed by atoms with van der Waals surface area (Å²) < 4.78 is 7.00. The van der Waals surface area contributed by atoms with Gasteiger partial charge in [-0.05, 0) is 19.1 Å². The van der Waals surface area contributed by atoms with Crippen molar-refractivity contribution in [3.8, 4) is 11.4 Å². The Kier molecular flexibility index (Phi) is 3.46. The number of H-pyrrole nitrogens is 2. The van der Waals surface area contributed by atoms with Gasteiger partial charge in [0.2, 0.25) is 0 Å². The Labute approximate surface area is 119 Å². The molecule has 0 spiro atoms. The van der Waals surface area contributed by atoms with Gasteiger partial charge in [-0.1, -0.05) is 17.3 Å². The first-order chi connectivity index (χ1) is 10.3. The Morgan fingerprint density at radius 1 is 1.29 bits per heavy atom. The second-order valence-corrected chi connectivity index (χ2v) is 4.19. The van der Waals surface area contributed by atoms with Crippen LogP contribution < -0.4 is 10.4 Å². The smallest absolute Gasteiger partial charge is 0.348 e. The van der Waals surface area contributed by atoms with E-state index in [0.29, 0.717) is 29.7 Å². The summed E-state index contributed by atoms with van der Waals surface area (Å²) in [6.45, 7) is 2.39. The van der Waals surface area contributed by atoms with Crippen molar-refractivity contribution >= 4 is 0 Å². The topological polar surface area (TPSA) is 114 Å². The molecule has 2 N–H and O–H groups in total. The predicted octanol–water partition coefficient (Wildman–Crippen LogP) is 0.0632. The lowest BCUT2D eigenvalue weighted by Crippen LogP contribution is -2.18. The zero-order valence-electron chi connectivity index (χ0n) is 11.3. The first-order valence-corrected chi connectivity index (χ1v) is 6.40. The standard InChI is InChI=1S/C12H13N7O2/c1-2-21-9-6-4-3-5-8(9)19-11(15-16-12(19)20)7-10-13-17-18-14-10/h3-6H,2,7H2,1H3,(H,16,20)(H,13,14,17,18). The minimum absolute atomic E-state index is 0.274. The van der Waals surface area contributed by atoms with Crippen LogP contribution in [0.3, 0.4) is 0 Å². The van der Waals surface area contributed by atoms with Gasteiger partial charge < -0.3 is 4.74 Å². The molecule has 0 atom stereocenters. The van der Waals surface area contributed by atoms with E-state index in [4.69, 9.17) is 4.74 Å². The number of aromatic nitrogens is 7. The van der Waals surface area contributed by atoms with E-state index in [-0.39, 0.29) is 12.1 Å². The molecule has 0 fully saturated rings. The van der Waals surface area contributed by atoms with Crippen LogP contribution in [0.5, 0.6) is 5.75 Å². The summed E-state index contributed by atoms with van der Waals surface area (Å²) in [5, 5.41) is 20.0. The van der Waals surface area contributed by atoms with Gasteiger partial charge in [-0.15, -0.1) is 10.2 Å². The lowest BCUT2D eigenvalue weighted by molar-refractivity contribution is 0.338. The van der Waals surface area contributed by atoms with Gasteiger partial charge in [-0.25, -0.2) is 14.5 Å². The molecule has 3 rings (SSSR count). The summed E-state index contributed by atoms with van der Waals surface area (Å²) in [6.07, 6.45) is 0.274. The fraction of sp³-hybridized carbons (Fsp3) is 0.250. The van der Waals surface area contributed by atoms with Crippen LogP contribution in [-0.2, 0) is 6.42 Å². The number of aromatic amines is 2. The highest BCUT2D eigenvalue weighted by Gasteiger charge is 2.16. The van der Waals surface area contributed by atoms with E-state index >= 15 is 0 Å². The van der Waals surface area contributed by atoms with Crippen molar-refractivity contribution in [2.24, 2.45) is 0 Å². The van der Waals surface area contributed by atoms with Crippen molar-refractivity contribution in [3.63, 3.8) is 0 Å². The van der Waals surface area contributed by atoms with E-state index in [0.717, 1.165) is 0 Å². The van der Waals surface area contributed by atoms with Gasteiger partial charge in [0.25, 0.3) is 0 Å². The molecule has 1 aromatic carbocycles. The van der Waals surface area contributed by atoms with Crippen LogP contribution in [0, 0.1) is 0 Å². The van der Waals surface area contributed by atoms with Gasteiger partial charge in [0.1, 0.15) is 11.6 Å². The van der Waals surface area contributed by atoms with Crippen LogP contribution in [0.25, 0.3) is 5.69 Å². The van der Waals surface area contributed by atoms with Gasteiger partial charge in [-0.3, -0.25) is 0 Å². The van der Waals surface area contributed by atoms with Crippen LogP contribution >= 0.6 is 0 Å². The van der Waals surface area contributed by atoms with Crippen molar-refractivity contribution in [2.45, 2.75) is 13.3 Å². The maximum absolute atomic E-state index is 12.1. The maximum atomic E-state index is 12.1. The molecule has 2 aromatic heterocycles. The summed E-state index contributed by atoms with van der Waals surface area (Å²) in [4.78, 5) is 12.1. The number of tetrazole rings is 1. The monoisotopic (exact) mass is 287 g/mol. The van der Waals surface area contributed by atoms with E-state index in [1.54, 1.807) is 12.1 Å². The van der Waals surface area contributed by atoms with Crippen molar-refractivity contribution in [1.82, 2.24) is 35.4 Å². The average molecular weight is 287 g/mol. The molecule has 0 saturated carbocycles. The normalized spacial score (nSPS) is 10.7.